The van der Waals surface area contributed by atoms with Crippen LogP contribution in [0.3, 0.4) is 0 Å². The summed E-state index contributed by atoms with van der Waals surface area (Å²) in [6.07, 6.45) is -4.77. The highest BCUT2D eigenvalue weighted by atomic mass is 127. The van der Waals surface area contributed by atoms with E-state index >= 15 is 0 Å². The zero-order valence-corrected chi connectivity index (χ0v) is 17.4. The van der Waals surface area contributed by atoms with Gasteiger partial charge in [0.2, 0.25) is 0 Å². The molecule has 0 atom stereocenters. The zero-order valence-electron chi connectivity index (χ0n) is 14.5. The second-order valence-corrected chi connectivity index (χ2v) is 7.53. The van der Waals surface area contributed by atoms with Gasteiger partial charge >= 0.3 is 6.18 Å². The van der Waals surface area contributed by atoms with Crippen LogP contribution in [0, 0.1) is 3.70 Å². The number of amides is 1. The van der Waals surface area contributed by atoms with Crippen molar-refractivity contribution >= 4 is 56.9 Å². The first kappa shape index (κ1) is 20.6. The van der Waals surface area contributed by atoms with Crippen molar-refractivity contribution in [2.45, 2.75) is 6.18 Å². The molecule has 0 N–H and O–H groups in total. The van der Waals surface area contributed by atoms with Crippen molar-refractivity contribution in [2.75, 3.05) is 14.1 Å². The first-order chi connectivity index (χ1) is 13.0. The average Bonchev–Trinajstić information content (AvgIpc) is 2.95. The van der Waals surface area contributed by atoms with E-state index in [9.17, 15) is 22.8 Å². The van der Waals surface area contributed by atoms with Crippen molar-refractivity contribution in [1.29, 1.82) is 0 Å². The van der Waals surface area contributed by atoms with Crippen LogP contribution in [0.2, 0.25) is 5.02 Å². The Labute approximate surface area is 176 Å². The molecule has 0 bridgehead atoms. The van der Waals surface area contributed by atoms with E-state index in [2.05, 4.69) is 5.10 Å². The quantitative estimate of drug-likeness (QED) is 0.460. The van der Waals surface area contributed by atoms with Crippen LogP contribution in [0.25, 0.3) is 10.9 Å². The lowest BCUT2D eigenvalue weighted by molar-refractivity contribution is -0.137. The number of hydrogen-bond acceptors (Lipinski definition) is 3. The summed E-state index contributed by atoms with van der Waals surface area (Å²) in [6, 6.07) is 7.72. The first-order valence-electron chi connectivity index (χ1n) is 7.82. The van der Waals surface area contributed by atoms with Crippen molar-refractivity contribution in [1.82, 2.24) is 14.7 Å². The van der Waals surface area contributed by atoms with Gasteiger partial charge < -0.3 is 4.90 Å². The maximum atomic E-state index is 13.4. The molecule has 10 heteroatoms. The fourth-order valence-corrected chi connectivity index (χ4v) is 3.63. The number of nitrogens with zero attached hydrogens (tertiary/aromatic N) is 3. The van der Waals surface area contributed by atoms with Crippen LogP contribution in [0.1, 0.15) is 26.3 Å². The molecule has 0 unspecified atom stereocenters. The molecule has 1 heterocycles. The highest BCUT2D eigenvalue weighted by Gasteiger charge is 2.37. The second kappa shape index (κ2) is 7.36. The number of carbonyl (C=O) groups is 2. The fourth-order valence-electron chi connectivity index (χ4n) is 2.71. The number of halogens is 5. The van der Waals surface area contributed by atoms with Crippen molar-refractivity contribution in [3.63, 3.8) is 0 Å². The maximum absolute atomic E-state index is 13.4. The van der Waals surface area contributed by atoms with Gasteiger partial charge in [-0.1, -0.05) is 17.7 Å². The molecule has 5 nitrogen and oxygen atoms in total. The lowest BCUT2D eigenvalue weighted by Crippen LogP contribution is -2.22. The van der Waals surface area contributed by atoms with E-state index in [1.807, 2.05) is 22.6 Å². The number of carbonyl (C=O) groups excluding carboxylic acids is 2. The Morgan fingerprint density at radius 3 is 2.46 bits per heavy atom. The van der Waals surface area contributed by atoms with Crippen LogP contribution in [-0.4, -0.2) is 40.6 Å². The molecule has 0 saturated carbocycles. The lowest BCUT2D eigenvalue weighted by Gasteiger charge is -2.14. The van der Waals surface area contributed by atoms with Gasteiger partial charge in [-0.25, -0.2) is 0 Å². The molecule has 146 valence electrons. The maximum Gasteiger partial charge on any atom is 0.417 e. The van der Waals surface area contributed by atoms with Gasteiger partial charge in [0.05, 0.1) is 21.7 Å². The molecule has 3 aromatic rings. The van der Waals surface area contributed by atoms with Crippen molar-refractivity contribution in [3.8, 4) is 0 Å². The topological polar surface area (TPSA) is 55.2 Å². The number of hydrogen-bond donors (Lipinski definition) is 0. The van der Waals surface area contributed by atoms with Crippen LogP contribution in [-0.2, 0) is 6.18 Å². The smallest absolute Gasteiger partial charge is 0.345 e. The van der Waals surface area contributed by atoms with E-state index in [0.29, 0.717) is 9.09 Å². The highest BCUT2D eigenvalue weighted by Crippen LogP contribution is 2.36. The first-order valence-corrected chi connectivity index (χ1v) is 9.28. The molecule has 3 rings (SSSR count). The van der Waals surface area contributed by atoms with Gasteiger partial charge in [-0.2, -0.15) is 23.0 Å². The van der Waals surface area contributed by atoms with E-state index in [4.69, 9.17) is 11.6 Å². The normalized spacial score (nSPS) is 11.7. The number of rotatable bonds is 2. The molecule has 0 aliphatic carbocycles. The summed E-state index contributed by atoms with van der Waals surface area (Å²) in [7, 11) is 3.14. The Morgan fingerprint density at radius 1 is 1.18 bits per heavy atom. The molecule has 2 aromatic carbocycles. The minimum atomic E-state index is -4.77. The van der Waals surface area contributed by atoms with Crippen LogP contribution >= 0.6 is 34.2 Å². The molecule has 28 heavy (non-hydrogen) atoms. The molecule has 0 saturated heterocycles. The lowest BCUT2D eigenvalue weighted by atomic mass is 10.1. The number of alkyl halides is 3. The van der Waals surface area contributed by atoms with E-state index in [0.717, 1.165) is 16.8 Å². The molecule has 0 radical (unpaired) electrons. The van der Waals surface area contributed by atoms with Gasteiger partial charge in [0.25, 0.3) is 11.8 Å². The summed E-state index contributed by atoms with van der Waals surface area (Å²) in [6.45, 7) is 0. The van der Waals surface area contributed by atoms with E-state index in [1.165, 1.54) is 17.0 Å². The van der Waals surface area contributed by atoms with Crippen LogP contribution in [0.15, 0.2) is 36.4 Å². The standard InChI is InChI=1S/C18H12ClF3IN3O2/c1-25(2)16(27)9-6-7-10-13(8-9)26(24-15(10)23)17(28)14-11(18(20,21)22)4-3-5-12(14)19/h3-8H,1-2H3. The molecule has 0 aliphatic heterocycles. The Kier molecular flexibility index (Phi) is 5.41. The Bertz CT molecular complexity index is 1110. The number of benzene rings is 2. The highest BCUT2D eigenvalue weighted by molar-refractivity contribution is 14.1. The molecule has 0 aliphatic rings. The van der Waals surface area contributed by atoms with Gasteiger partial charge in [0, 0.05) is 25.0 Å². The minimum Gasteiger partial charge on any atom is -0.345 e. The minimum absolute atomic E-state index is 0.218. The summed E-state index contributed by atoms with van der Waals surface area (Å²) in [5.41, 5.74) is -1.35. The monoisotopic (exact) mass is 521 g/mol. The van der Waals surface area contributed by atoms with Crippen molar-refractivity contribution in [3.05, 3.63) is 61.8 Å². The third kappa shape index (κ3) is 3.60. The van der Waals surface area contributed by atoms with E-state index in [1.54, 1.807) is 26.2 Å². The Hall–Kier alpha value is -2.14. The Morgan fingerprint density at radius 2 is 1.86 bits per heavy atom. The van der Waals surface area contributed by atoms with Crippen LogP contribution in [0.5, 0.6) is 0 Å². The Balaban J connectivity index is 2.24. The third-order valence-electron chi connectivity index (χ3n) is 4.01. The molecule has 0 fully saturated rings. The molecule has 1 aromatic heterocycles. The summed E-state index contributed by atoms with van der Waals surface area (Å²) in [4.78, 5) is 26.6. The van der Waals surface area contributed by atoms with Crippen molar-refractivity contribution < 1.29 is 22.8 Å². The van der Waals surface area contributed by atoms with Gasteiger partial charge in [0.15, 0.2) is 0 Å². The average molecular weight is 522 g/mol. The van der Waals surface area contributed by atoms with Gasteiger partial charge in [0.1, 0.15) is 3.70 Å². The van der Waals surface area contributed by atoms with Crippen LogP contribution < -0.4 is 0 Å². The van der Waals surface area contributed by atoms with Crippen molar-refractivity contribution in [2.24, 2.45) is 0 Å². The SMILES string of the molecule is CN(C)C(=O)c1ccc2c(I)nn(C(=O)c3c(Cl)cccc3C(F)(F)F)c2c1. The summed E-state index contributed by atoms with van der Waals surface area (Å²) >= 11 is 7.81. The molecular weight excluding hydrogens is 510 g/mol. The third-order valence-corrected chi connectivity index (χ3v) is 5.13. The van der Waals surface area contributed by atoms with Gasteiger partial charge in [-0.05, 0) is 52.9 Å². The zero-order chi connectivity index (χ0) is 20.8. The van der Waals surface area contributed by atoms with Gasteiger partial charge in [-0.15, -0.1) is 0 Å². The molecule has 1 amide bonds. The summed E-state index contributed by atoms with van der Waals surface area (Å²) < 4.78 is 41.4. The fraction of sp³-hybridized carbons (Fsp3) is 0.167. The predicted molar refractivity (Wildman–Crippen MR) is 107 cm³/mol. The second-order valence-electron chi connectivity index (χ2n) is 6.10. The number of aromatic nitrogens is 2. The summed E-state index contributed by atoms with van der Waals surface area (Å²) in [5.74, 6) is -1.34. The summed E-state index contributed by atoms with van der Waals surface area (Å²) in [5, 5.41) is 4.28. The number of fused-ring (bicyclic) bond motifs is 1. The van der Waals surface area contributed by atoms with E-state index in [-0.39, 0.29) is 22.0 Å². The molecular formula is C18H12ClF3IN3O2. The predicted octanol–water partition coefficient (Wildman–Crippen LogP) is 4.70. The van der Waals surface area contributed by atoms with Crippen LogP contribution in [0.4, 0.5) is 13.2 Å². The van der Waals surface area contributed by atoms with E-state index < -0.39 is 23.2 Å². The largest absolute Gasteiger partial charge is 0.417 e. The molecule has 0 spiro atoms. The van der Waals surface area contributed by atoms with Gasteiger partial charge in [-0.3, -0.25) is 9.59 Å².